The topological polar surface area (TPSA) is 115 Å². The number of benzene rings is 2. The number of aryl methyl sites for hydroxylation is 1. The summed E-state index contributed by atoms with van der Waals surface area (Å²) in [5, 5.41) is 12.4. The highest BCUT2D eigenvalue weighted by atomic mass is 16.5. The fourth-order valence-corrected chi connectivity index (χ4v) is 3.79. The third kappa shape index (κ3) is 3.24. The highest BCUT2D eigenvalue weighted by Gasteiger charge is 2.29. The number of carboxylic acids is 1. The van der Waals surface area contributed by atoms with E-state index in [1.54, 1.807) is 6.92 Å². The van der Waals surface area contributed by atoms with Gasteiger partial charge in [-0.3, -0.25) is 9.59 Å². The van der Waals surface area contributed by atoms with Gasteiger partial charge in [-0.2, -0.15) is 0 Å². The fourth-order valence-electron chi connectivity index (χ4n) is 3.79. The van der Waals surface area contributed by atoms with E-state index in [9.17, 15) is 14.7 Å². The molecule has 7 heteroatoms. The Morgan fingerprint density at radius 3 is 2.53 bits per heavy atom. The van der Waals surface area contributed by atoms with Crippen LogP contribution >= 0.6 is 0 Å². The standard InChI is InChI=1S/C23H21N3O4/c1-11-4-6-14(7-5-11)19-13(3)21-20(12(2)16(19)9-18(27)28)26-22(29)17-8-15(24)10-25-23(17)30-21/h4-8,10H,9,24H2,1-3H3,(H,26,29)(H,27,28). The van der Waals surface area contributed by atoms with Crippen molar-refractivity contribution in [3.63, 3.8) is 0 Å². The van der Waals surface area contributed by atoms with Crippen LogP contribution in [-0.2, 0) is 11.2 Å². The summed E-state index contributed by atoms with van der Waals surface area (Å²) in [6.45, 7) is 5.63. The normalized spacial score (nSPS) is 12.3. The number of hydrogen-bond donors (Lipinski definition) is 3. The van der Waals surface area contributed by atoms with Gasteiger partial charge in [0.15, 0.2) is 5.75 Å². The summed E-state index contributed by atoms with van der Waals surface area (Å²) >= 11 is 0. The van der Waals surface area contributed by atoms with Crippen molar-refractivity contribution < 1.29 is 19.4 Å². The number of pyridine rings is 1. The van der Waals surface area contributed by atoms with Crippen molar-refractivity contribution in [2.45, 2.75) is 27.2 Å². The van der Waals surface area contributed by atoms with Gasteiger partial charge in [0, 0.05) is 5.56 Å². The molecule has 0 atom stereocenters. The fraction of sp³-hybridized carbons (Fsp3) is 0.174. The number of nitrogens with zero attached hydrogens (tertiary/aromatic N) is 1. The largest absolute Gasteiger partial charge is 0.481 e. The predicted octanol–water partition coefficient (Wildman–Crippen LogP) is 4.24. The van der Waals surface area contributed by atoms with E-state index in [-0.39, 0.29) is 17.9 Å². The van der Waals surface area contributed by atoms with Crippen LogP contribution in [-0.4, -0.2) is 22.0 Å². The van der Waals surface area contributed by atoms with Crippen LogP contribution in [0.25, 0.3) is 11.1 Å². The van der Waals surface area contributed by atoms with E-state index in [2.05, 4.69) is 10.3 Å². The molecule has 3 aromatic rings. The lowest BCUT2D eigenvalue weighted by Gasteiger charge is -2.22. The van der Waals surface area contributed by atoms with Crippen LogP contribution in [0.1, 0.15) is 32.6 Å². The van der Waals surface area contributed by atoms with Crippen molar-refractivity contribution in [3.8, 4) is 22.8 Å². The number of carboxylic acid groups (broad SMARTS) is 1. The van der Waals surface area contributed by atoms with E-state index >= 15 is 0 Å². The van der Waals surface area contributed by atoms with Crippen molar-refractivity contribution in [1.82, 2.24) is 4.98 Å². The van der Waals surface area contributed by atoms with E-state index in [1.807, 2.05) is 38.1 Å². The summed E-state index contributed by atoms with van der Waals surface area (Å²) in [6, 6.07) is 9.37. The van der Waals surface area contributed by atoms with Gasteiger partial charge in [-0.15, -0.1) is 0 Å². The van der Waals surface area contributed by atoms with E-state index in [4.69, 9.17) is 10.5 Å². The molecule has 0 unspecified atom stereocenters. The second-order valence-electron chi connectivity index (χ2n) is 7.42. The van der Waals surface area contributed by atoms with Gasteiger partial charge in [0.1, 0.15) is 5.56 Å². The Hall–Kier alpha value is -3.87. The van der Waals surface area contributed by atoms with Crippen molar-refractivity contribution in [2.24, 2.45) is 0 Å². The molecular formula is C23H21N3O4. The second-order valence-corrected chi connectivity index (χ2v) is 7.42. The monoisotopic (exact) mass is 403 g/mol. The summed E-state index contributed by atoms with van der Waals surface area (Å²) in [6.07, 6.45) is 1.25. The molecule has 7 nitrogen and oxygen atoms in total. The Morgan fingerprint density at radius 2 is 1.87 bits per heavy atom. The minimum Gasteiger partial charge on any atom is -0.481 e. The van der Waals surface area contributed by atoms with Crippen LogP contribution in [0.4, 0.5) is 11.4 Å². The average molecular weight is 403 g/mol. The van der Waals surface area contributed by atoms with Crippen LogP contribution in [0, 0.1) is 20.8 Å². The molecule has 0 aliphatic carbocycles. The maximum absolute atomic E-state index is 12.8. The number of fused-ring (bicyclic) bond motifs is 2. The van der Waals surface area contributed by atoms with Gasteiger partial charge in [0.25, 0.3) is 5.91 Å². The zero-order valence-electron chi connectivity index (χ0n) is 16.9. The molecule has 1 aliphatic rings. The maximum atomic E-state index is 12.8. The molecule has 0 radical (unpaired) electrons. The lowest BCUT2D eigenvalue weighted by molar-refractivity contribution is -0.136. The van der Waals surface area contributed by atoms with Gasteiger partial charge in [-0.1, -0.05) is 29.8 Å². The summed E-state index contributed by atoms with van der Waals surface area (Å²) < 4.78 is 6.09. The number of hydrogen-bond acceptors (Lipinski definition) is 5. The van der Waals surface area contributed by atoms with Crippen molar-refractivity contribution in [2.75, 3.05) is 11.1 Å². The Labute approximate surface area is 173 Å². The second kappa shape index (κ2) is 7.18. The number of nitrogen functional groups attached to an aromatic ring is 1. The van der Waals surface area contributed by atoms with E-state index in [1.165, 1.54) is 12.3 Å². The summed E-state index contributed by atoms with van der Waals surface area (Å²) in [7, 11) is 0. The van der Waals surface area contributed by atoms with E-state index in [0.29, 0.717) is 28.3 Å². The summed E-state index contributed by atoms with van der Waals surface area (Å²) in [5.74, 6) is -0.759. The van der Waals surface area contributed by atoms with Crippen LogP contribution in [0.15, 0.2) is 36.5 Å². The van der Waals surface area contributed by atoms with Crippen molar-refractivity contribution in [1.29, 1.82) is 0 Å². The molecule has 30 heavy (non-hydrogen) atoms. The molecule has 1 aliphatic heterocycles. The van der Waals surface area contributed by atoms with Gasteiger partial charge in [0.2, 0.25) is 5.88 Å². The third-order valence-electron chi connectivity index (χ3n) is 5.29. The molecule has 0 bridgehead atoms. The molecule has 0 saturated heterocycles. The third-order valence-corrected chi connectivity index (χ3v) is 5.29. The number of ether oxygens (including phenoxy) is 1. The molecule has 1 aromatic heterocycles. The van der Waals surface area contributed by atoms with E-state index in [0.717, 1.165) is 22.3 Å². The number of aromatic nitrogens is 1. The molecule has 0 saturated carbocycles. The van der Waals surface area contributed by atoms with Crippen molar-refractivity contribution >= 4 is 23.3 Å². The SMILES string of the molecule is Cc1ccc(-c2c(C)c3c(c(C)c2CC(=O)O)NC(=O)c2cc(N)cnc2O3)cc1. The summed E-state index contributed by atoms with van der Waals surface area (Å²) in [5.41, 5.74) is 11.6. The molecule has 0 fully saturated rings. The molecule has 4 N–H and O–H groups in total. The zero-order chi connectivity index (χ0) is 21.6. The molecule has 0 spiro atoms. The van der Waals surface area contributed by atoms with Crippen LogP contribution in [0.5, 0.6) is 11.6 Å². The highest BCUT2D eigenvalue weighted by molar-refractivity contribution is 6.09. The van der Waals surface area contributed by atoms with Gasteiger partial charge in [-0.25, -0.2) is 4.98 Å². The number of aliphatic carboxylic acids is 1. The van der Waals surface area contributed by atoms with Gasteiger partial charge in [-0.05, 0) is 49.1 Å². The molecule has 2 aromatic carbocycles. The Balaban J connectivity index is 2.01. The molecule has 4 rings (SSSR count). The number of carbonyl (C=O) groups is 2. The van der Waals surface area contributed by atoms with Crippen LogP contribution in [0.2, 0.25) is 0 Å². The molecule has 152 valence electrons. The Kier molecular flexibility index (Phi) is 4.66. The van der Waals surface area contributed by atoms with E-state index < -0.39 is 11.9 Å². The smallest absolute Gasteiger partial charge is 0.307 e. The van der Waals surface area contributed by atoms with Crippen LogP contribution < -0.4 is 15.8 Å². The lowest BCUT2D eigenvalue weighted by Crippen LogP contribution is -2.14. The first-order valence-corrected chi connectivity index (χ1v) is 9.46. The average Bonchev–Trinajstić information content (AvgIpc) is 2.84. The zero-order valence-corrected chi connectivity index (χ0v) is 16.9. The van der Waals surface area contributed by atoms with Gasteiger partial charge >= 0.3 is 5.97 Å². The first kappa shape index (κ1) is 19.4. The Bertz CT molecular complexity index is 1200. The number of carbonyl (C=O) groups excluding carboxylic acids is 1. The Morgan fingerprint density at radius 1 is 1.17 bits per heavy atom. The molecule has 2 heterocycles. The number of nitrogens with one attached hydrogen (secondary N) is 1. The molecule has 1 amide bonds. The quantitative estimate of drug-likeness (QED) is 0.603. The first-order valence-electron chi connectivity index (χ1n) is 9.46. The van der Waals surface area contributed by atoms with Crippen molar-refractivity contribution in [3.05, 3.63) is 64.3 Å². The number of anilines is 2. The molecular weight excluding hydrogens is 382 g/mol. The minimum absolute atomic E-state index is 0.156. The number of amides is 1. The highest BCUT2D eigenvalue weighted by Crippen LogP contribution is 2.46. The predicted molar refractivity (Wildman–Crippen MR) is 114 cm³/mol. The first-order chi connectivity index (χ1) is 14.3. The van der Waals surface area contributed by atoms with Crippen LogP contribution in [0.3, 0.4) is 0 Å². The number of rotatable bonds is 3. The minimum atomic E-state index is -0.954. The summed E-state index contributed by atoms with van der Waals surface area (Å²) in [4.78, 5) is 28.6. The maximum Gasteiger partial charge on any atom is 0.307 e. The van der Waals surface area contributed by atoms with Gasteiger partial charge < -0.3 is 20.9 Å². The lowest BCUT2D eigenvalue weighted by atomic mass is 9.88. The van der Waals surface area contributed by atoms with Gasteiger partial charge in [0.05, 0.1) is 24.0 Å². The number of nitrogens with two attached hydrogens (primary N) is 1.